The highest BCUT2D eigenvalue weighted by molar-refractivity contribution is 5.76. The summed E-state index contributed by atoms with van der Waals surface area (Å²) in [6.07, 6.45) is 8.42. The summed E-state index contributed by atoms with van der Waals surface area (Å²) in [5.74, 6) is -1.01. The molecule has 1 aliphatic rings. The van der Waals surface area contributed by atoms with Gasteiger partial charge in [0.25, 0.3) is 0 Å². The molecule has 0 saturated carbocycles. The lowest BCUT2D eigenvalue weighted by atomic mass is 9.91. The van der Waals surface area contributed by atoms with Gasteiger partial charge in [0.1, 0.15) is 0 Å². The van der Waals surface area contributed by atoms with Gasteiger partial charge in [0, 0.05) is 25.7 Å². The third kappa shape index (κ3) is 4.87. The standard InChI is InChI=1S/C19H23F2N3O/c20-17-7-5-14(10-18(17)21)3-4-15-2-1-9-24(13-15)19(25)8-6-16-11-22-23-12-16/h5,7,10-12,15H,1-4,6,8-9,13H2,(H,22,23). The van der Waals surface area contributed by atoms with Gasteiger partial charge >= 0.3 is 0 Å². The summed E-state index contributed by atoms with van der Waals surface area (Å²) >= 11 is 0. The van der Waals surface area contributed by atoms with E-state index in [0.717, 1.165) is 43.5 Å². The van der Waals surface area contributed by atoms with E-state index in [2.05, 4.69) is 10.2 Å². The largest absolute Gasteiger partial charge is 0.342 e. The molecule has 1 fully saturated rings. The number of aromatic amines is 1. The molecule has 0 spiro atoms. The first kappa shape index (κ1) is 17.6. The Bertz CT molecular complexity index is 703. The van der Waals surface area contributed by atoms with E-state index in [9.17, 15) is 13.6 Å². The van der Waals surface area contributed by atoms with Gasteiger partial charge in [-0.1, -0.05) is 6.07 Å². The number of halogens is 2. The summed E-state index contributed by atoms with van der Waals surface area (Å²) in [7, 11) is 0. The first-order valence-corrected chi connectivity index (χ1v) is 8.81. The second kappa shape index (κ2) is 8.23. The third-order valence-electron chi connectivity index (χ3n) is 4.88. The zero-order valence-electron chi connectivity index (χ0n) is 14.2. The number of amides is 1. The Labute approximate surface area is 146 Å². The molecule has 0 aliphatic carbocycles. The molecule has 2 aromatic rings. The second-order valence-electron chi connectivity index (χ2n) is 6.74. The first-order chi connectivity index (χ1) is 12.1. The molecular formula is C19H23F2N3O. The Kier molecular flexibility index (Phi) is 5.79. The molecule has 0 radical (unpaired) electrons. The number of rotatable bonds is 6. The summed E-state index contributed by atoms with van der Waals surface area (Å²) in [5, 5.41) is 6.64. The Morgan fingerprint density at radius 2 is 2.12 bits per heavy atom. The fourth-order valence-corrected chi connectivity index (χ4v) is 3.42. The molecule has 3 rings (SSSR count). The summed E-state index contributed by atoms with van der Waals surface area (Å²) < 4.78 is 26.3. The second-order valence-corrected chi connectivity index (χ2v) is 6.74. The minimum Gasteiger partial charge on any atom is -0.342 e. The number of piperidine rings is 1. The van der Waals surface area contributed by atoms with Crippen molar-refractivity contribution in [2.75, 3.05) is 13.1 Å². The van der Waals surface area contributed by atoms with Gasteiger partial charge in [-0.2, -0.15) is 5.10 Å². The lowest BCUT2D eigenvalue weighted by molar-refractivity contribution is -0.133. The number of benzene rings is 1. The minimum atomic E-state index is -0.809. The zero-order valence-corrected chi connectivity index (χ0v) is 14.2. The van der Waals surface area contributed by atoms with E-state index >= 15 is 0 Å². The van der Waals surface area contributed by atoms with Crippen LogP contribution in [0.1, 0.15) is 36.8 Å². The lowest BCUT2D eigenvalue weighted by Gasteiger charge is -2.33. The SMILES string of the molecule is O=C(CCc1cn[nH]c1)N1CCCC(CCc2ccc(F)c(F)c2)C1. The maximum atomic E-state index is 13.3. The van der Waals surface area contributed by atoms with E-state index in [0.29, 0.717) is 25.2 Å². The Morgan fingerprint density at radius 1 is 1.24 bits per heavy atom. The van der Waals surface area contributed by atoms with E-state index in [1.54, 1.807) is 12.3 Å². The molecule has 1 amide bonds. The van der Waals surface area contributed by atoms with Crippen LogP contribution in [-0.2, 0) is 17.6 Å². The van der Waals surface area contributed by atoms with Gasteiger partial charge in [-0.3, -0.25) is 9.89 Å². The van der Waals surface area contributed by atoms with Crippen LogP contribution in [0.15, 0.2) is 30.6 Å². The number of carbonyl (C=O) groups is 1. The highest BCUT2D eigenvalue weighted by Gasteiger charge is 2.23. The minimum absolute atomic E-state index is 0.179. The fourth-order valence-electron chi connectivity index (χ4n) is 3.42. The third-order valence-corrected chi connectivity index (χ3v) is 4.88. The van der Waals surface area contributed by atoms with Gasteiger partial charge < -0.3 is 4.90 Å². The van der Waals surface area contributed by atoms with Gasteiger partial charge in [-0.05, 0) is 61.3 Å². The highest BCUT2D eigenvalue weighted by atomic mass is 19.2. The topological polar surface area (TPSA) is 49.0 Å². The maximum absolute atomic E-state index is 13.3. The fraction of sp³-hybridized carbons (Fsp3) is 0.474. The summed E-state index contributed by atoms with van der Waals surface area (Å²) in [6.45, 7) is 1.57. The monoisotopic (exact) mass is 347 g/mol. The van der Waals surface area contributed by atoms with Crippen molar-refractivity contribution < 1.29 is 13.6 Å². The average Bonchev–Trinajstić information content (AvgIpc) is 3.14. The summed E-state index contributed by atoms with van der Waals surface area (Å²) in [5.41, 5.74) is 1.85. The van der Waals surface area contributed by atoms with Crippen molar-refractivity contribution in [2.45, 2.75) is 38.5 Å². The number of hydrogen-bond donors (Lipinski definition) is 1. The van der Waals surface area contributed by atoms with Gasteiger partial charge in [0.15, 0.2) is 11.6 Å². The lowest BCUT2D eigenvalue weighted by Crippen LogP contribution is -2.40. The molecular weight excluding hydrogens is 324 g/mol. The number of nitrogens with one attached hydrogen (secondary N) is 1. The summed E-state index contributed by atoms with van der Waals surface area (Å²) in [4.78, 5) is 14.3. The molecule has 0 bridgehead atoms. The van der Waals surface area contributed by atoms with Crippen LogP contribution in [0.3, 0.4) is 0 Å². The quantitative estimate of drug-likeness (QED) is 0.869. The molecule has 25 heavy (non-hydrogen) atoms. The Balaban J connectivity index is 1.47. The van der Waals surface area contributed by atoms with E-state index < -0.39 is 11.6 Å². The zero-order chi connectivity index (χ0) is 17.6. The van der Waals surface area contributed by atoms with Crippen molar-refractivity contribution in [2.24, 2.45) is 5.92 Å². The molecule has 1 aromatic carbocycles. The van der Waals surface area contributed by atoms with Crippen molar-refractivity contribution in [1.82, 2.24) is 15.1 Å². The molecule has 4 nitrogen and oxygen atoms in total. The number of aromatic nitrogens is 2. The molecule has 1 unspecified atom stereocenters. The van der Waals surface area contributed by atoms with Gasteiger partial charge in [-0.15, -0.1) is 0 Å². The van der Waals surface area contributed by atoms with Crippen molar-refractivity contribution in [3.8, 4) is 0 Å². The molecule has 1 aliphatic heterocycles. The number of aryl methyl sites for hydroxylation is 2. The van der Waals surface area contributed by atoms with Crippen LogP contribution < -0.4 is 0 Å². The van der Waals surface area contributed by atoms with Crippen LogP contribution in [0.5, 0.6) is 0 Å². The molecule has 6 heteroatoms. The van der Waals surface area contributed by atoms with E-state index in [1.807, 2.05) is 11.1 Å². The van der Waals surface area contributed by atoms with Crippen LogP contribution in [0, 0.1) is 17.6 Å². The maximum Gasteiger partial charge on any atom is 0.222 e. The van der Waals surface area contributed by atoms with Gasteiger partial charge in [0.05, 0.1) is 6.20 Å². The van der Waals surface area contributed by atoms with Crippen molar-refractivity contribution in [3.05, 3.63) is 53.4 Å². The molecule has 1 N–H and O–H groups in total. The predicted octanol–water partition coefficient (Wildman–Crippen LogP) is 3.49. The number of carbonyl (C=O) groups excluding carboxylic acids is 1. The molecule has 1 atom stereocenters. The van der Waals surface area contributed by atoms with Crippen molar-refractivity contribution in [1.29, 1.82) is 0 Å². The Hall–Kier alpha value is -2.24. The average molecular weight is 347 g/mol. The number of likely N-dealkylation sites (tertiary alicyclic amines) is 1. The number of H-pyrrole nitrogens is 1. The van der Waals surface area contributed by atoms with Crippen LogP contribution >= 0.6 is 0 Å². The number of nitrogens with zero attached hydrogens (tertiary/aromatic N) is 2. The van der Waals surface area contributed by atoms with E-state index in [1.165, 1.54) is 12.1 Å². The number of hydrogen-bond acceptors (Lipinski definition) is 2. The normalized spacial score (nSPS) is 17.7. The van der Waals surface area contributed by atoms with Crippen molar-refractivity contribution in [3.63, 3.8) is 0 Å². The molecule has 2 heterocycles. The van der Waals surface area contributed by atoms with Gasteiger partial charge in [0.2, 0.25) is 5.91 Å². The van der Waals surface area contributed by atoms with Crippen molar-refractivity contribution >= 4 is 5.91 Å². The Morgan fingerprint density at radius 3 is 2.88 bits per heavy atom. The summed E-state index contributed by atoms with van der Waals surface area (Å²) in [6, 6.07) is 4.08. The van der Waals surface area contributed by atoms with Crippen LogP contribution in [0.2, 0.25) is 0 Å². The highest BCUT2D eigenvalue weighted by Crippen LogP contribution is 2.23. The first-order valence-electron chi connectivity index (χ1n) is 8.81. The smallest absolute Gasteiger partial charge is 0.222 e. The van der Waals surface area contributed by atoms with E-state index in [-0.39, 0.29) is 5.91 Å². The van der Waals surface area contributed by atoms with Crippen LogP contribution in [0.25, 0.3) is 0 Å². The van der Waals surface area contributed by atoms with Crippen LogP contribution in [0.4, 0.5) is 8.78 Å². The predicted molar refractivity (Wildman–Crippen MR) is 90.9 cm³/mol. The van der Waals surface area contributed by atoms with Crippen LogP contribution in [-0.4, -0.2) is 34.1 Å². The molecule has 134 valence electrons. The molecule has 1 saturated heterocycles. The van der Waals surface area contributed by atoms with E-state index in [4.69, 9.17) is 0 Å². The van der Waals surface area contributed by atoms with Gasteiger partial charge in [-0.25, -0.2) is 8.78 Å². The molecule has 1 aromatic heterocycles.